The molecule has 0 saturated carbocycles. The molecule has 39 heavy (non-hydrogen) atoms. The average Bonchev–Trinajstić information content (AvgIpc) is 2.86. The molecule has 212 valence electrons. The minimum atomic E-state index is -4.90. The molecule has 0 aliphatic carbocycles. The van der Waals surface area contributed by atoms with E-state index in [9.17, 15) is 35.9 Å². The summed E-state index contributed by atoms with van der Waals surface area (Å²) < 4.78 is 83.5. The molecule has 1 atom stereocenters. The number of hydrogen-bond acceptors (Lipinski definition) is 4. The van der Waals surface area contributed by atoms with Crippen LogP contribution in [-0.4, -0.2) is 42.4 Å². The van der Waals surface area contributed by atoms with Gasteiger partial charge in [-0.1, -0.05) is 36.4 Å². The second-order valence-corrected chi connectivity index (χ2v) is 8.78. The first-order chi connectivity index (χ1) is 18.2. The van der Waals surface area contributed by atoms with Gasteiger partial charge in [0, 0.05) is 19.5 Å². The molecule has 0 heterocycles. The van der Waals surface area contributed by atoms with Gasteiger partial charge < -0.3 is 15.4 Å². The fourth-order valence-electron chi connectivity index (χ4n) is 3.58. The van der Waals surface area contributed by atoms with Crippen LogP contribution in [0, 0.1) is 5.41 Å². The van der Waals surface area contributed by atoms with Gasteiger partial charge in [0.25, 0.3) is 11.8 Å². The van der Waals surface area contributed by atoms with E-state index in [1.54, 1.807) is 0 Å². The lowest BCUT2D eigenvalue weighted by molar-refractivity contribution is -0.138. The number of nitrogens with one attached hydrogen (secondary N) is 3. The standard InChI is InChI=1S/C27H29F6N3O3/c1-3-21(27(31,32)33)22(34)23(37)35-17-15-25(2,39-20-13-11-19(12-14-20)26(28,29)30)24(38)36-16-7-10-18-8-5-4-6-9-18/h3-6,8-9,11-14,34H,7,10,15-17H2,1-2H3,(H,35,37)(H,36,38)/b21-3+,34-22?. The van der Waals surface area contributed by atoms with E-state index in [2.05, 4.69) is 10.6 Å². The van der Waals surface area contributed by atoms with Crippen LogP contribution in [0.25, 0.3) is 0 Å². The van der Waals surface area contributed by atoms with E-state index in [1.165, 1.54) is 6.92 Å². The SMILES string of the molecule is C/C=C(\C(=N)C(=O)NCCC(C)(Oc1ccc(C(F)(F)F)cc1)C(=O)NCCCc1ccccc1)C(F)(F)F. The number of carbonyl (C=O) groups excluding carboxylic acids is 2. The fourth-order valence-corrected chi connectivity index (χ4v) is 3.58. The molecular formula is C27H29F6N3O3. The molecule has 2 aromatic rings. The predicted octanol–water partition coefficient (Wildman–Crippen LogP) is 5.63. The number of allylic oxidation sites excluding steroid dienone is 1. The van der Waals surface area contributed by atoms with Crippen molar-refractivity contribution < 1.29 is 40.7 Å². The number of hydrogen-bond donors (Lipinski definition) is 3. The third kappa shape index (κ3) is 9.45. The van der Waals surface area contributed by atoms with Crippen LogP contribution in [0.1, 0.15) is 37.8 Å². The second kappa shape index (κ2) is 13.3. The van der Waals surface area contributed by atoms with Gasteiger partial charge in [-0.15, -0.1) is 0 Å². The second-order valence-electron chi connectivity index (χ2n) is 8.78. The number of rotatable bonds is 12. The summed E-state index contributed by atoms with van der Waals surface area (Å²) in [7, 11) is 0. The van der Waals surface area contributed by atoms with Crippen molar-refractivity contribution in [1.82, 2.24) is 10.6 Å². The summed E-state index contributed by atoms with van der Waals surface area (Å²) in [5.41, 5.74) is -4.28. The Morgan fingerprint density at radius 3 is 2.08 bits per heavy atom. The number of benzene rings is 2. The van der Waals surface area contributed by atoms with Gasteiger partial charge in [0.05, 0.1) is 11.1 Å². The molecule has 12 heteroatoms. The molecule has 1 unspecified atom stereocenters. The lowest BCUT2D eigenvalue weighted by atomic mass is 10.00. The zero-order chi connectivity index (χ0) is 29.3. The lowest BCUT2D eigenvalue weighted by Crippen LogP contribution is -2.51. The summed E-state index contributed by atoms with van der Waals surface area (Å²) in [5, 5.41) is 12.4. The highest BCUT2D eigenvalue weighted by molar-refractivity contribution is 6.44. The van der Waals surface area contributed by atoms with E-state index in [4.69, 9.17) is 10.1 Å². The van der Waals surface area contributed by atoms with Crippen molar-refractivity contribution in [3.05, 3.63) is 77.4 Å². The largest absolute Gasteiger partial charge is 0.478 e. The molecule has 0 saturated heterocycles. The van der Waals surface area contributed by atoms with Crippen LogP contribution in [0.15, 0.2) is 66.2 Å². The Morgan fingerprint density at radius 2 is 1.54 bits per heavy atom. The van der Waals surface area contributed by atoms with Gasteiger partial charge in [0.1, 0.15) is 11.5 Å². The van der Waals surface area contributed by atoms with Crippen molar-refractivity contribution in [1.29, 1.82) is 5.41 Å². The van der Waals surface area contributed by atoms with E-state index in [-0.39, 0.29) is 25.3 Å². The number of ether oxygens (including phenoxy) is 1. The van der Waals surface area contributed by atoms with Gasteiger partial charge in [0.2, 0.25) is 0 Å². The van der Waals surface area contributed by atoms with Gasteiger partial charge in [-0.05, 0) is 56.5 Å². The van der Waals surface area contributed by atoms with Gasteiger partial charge in [-0.25, -0.2) is 0 Å². The van der Waals surface area contributed by atoms with Crippen LogP contribution >= 0.6 is 0 Å². The third-order valence-electron chi connectivity index (χ3n) is 5.75. The Bertz CT molecular complexity index is 1160. The molecular weight excluding hydrogens is 528 g/mol. The Balaban J connectivity index is 2.10. The summed E-state index contributed by atoms with van der Waals surface area (Å²) >= 11 is 0. The maximum atomic E-state index is 13.1. The third-order valence-corrected chi connectivity index (χ3v) is 5.75. The van der Waals surface area contributed by atoms with Gasteiger partial charge >= 0.3 is 12.4 Å². The highest BCUT2D eigenvalue weighted by Crippen LogP contribution is 2.31. The first kappa shape index (κ1) is 31.4. The number of carbonyl (C=O) groups is 2. The Kier molecular flexibility index (Phi) is 10.7. The van der Waals surface area contributed by atoms with Gasteiger partial charge in [-0.2, -0.15) is 26.3 Å². The van der Waals surface area contributed by atoms with Crippen LogP contribution < -0.4 is 15.4 Å². The van der Waals surface area contributed by atoms with Crippen LogP contribution in [-0.2, 0) is 22.2 Å². The molecule has 0 aliphatic rings. The summed E-state index contributed by atoms with van der Waals surface area (Å²) in [5.74, 6) is -2.00. The smallest absolute Gasteiger partial charge is 0.418 e. The van der Waals surface area contributed by atoms with Crippen molar-refractivity contribution in [2.24, 2.45) is 0 Å². The quantitative estimate of drug-likeness (QED) is 0.180. The monoisotopic (exact) mass is 557 g/mol. The predicted molar refractivity (Wildman–Crippen MR) is 133 cm³/mol. The van der Waals surface area contributed by atoms with Crippen molar-refractivity contribution in [2.45, 2.75) is 51.1 Å². The molecule has 2 amide bonds. The van der Waals surface area contributed by atoms with E-state index in [1.807, 2.05) is 30.3 Å². The minimum absolute atomic E-state index is 0.0581. The van der Waals surface area contributed by atoms with E-state index in [0.29, 0.717) is 18.9 Å². The average molecular weight is 558 g/mol. The molecule has 2 aromatic carbocycles. The van der Waals surface area contributed by atoms with Crippen molar-refractivity contribution >= 4 is 17.5 Å². The molecule has 0 bridgehead atoms. The van der Waals surface area contributed by atoms with Crippen LogP contribution in [0.5, 0.6) is 5.75 Å². The molecule has 2 rings (SSSR count). The zero-order valence-corrected chi connectivity index (χ0v) is 21.3. The summed E-state index contributed by atoms with van der Waals surface area (Å²) in [6.45, 7) is 2.28. The topological polar surface area (TPSA) is 91.3 Å². The van der Waals surface area contributed by atoms with Crippen molar-refractivity contribution in [2.75, 3.05) is 13.1 Å². The number of alkyl halides is 6. The van der Waals surface area contributed by atoms with E-state index in [0.717, 1.165) is 36.8 Å². The van der Waals surface area contributed by atoms with Crippen LogP contribution in [0.4, 0.5) is 26.3 Å². The highest BCUT2D eigenvalue weighted by atomic mass is 19.4. The molecule has 0 fully saturated rings. The summed E-state index contributed by atoms with van der Waals surface area (Å²) in [6.07, 6.45) is -7.89. The summed E-state index contributed by atoms with van der Waals surface area (Å²) in [4.78, 5) is 25.2. The van der Waals surface area contributed by atoms with Crippen molar-refractivity contribution in [3.8, 4) is 5.75 Å². The van der Waals surface area contributed by atoms with Crippen LogP contribution in [0.3, 0.4) is 0 Å². The Labute approximate surface area is 221 Å². The van der Waals surface area contributed by atoms with E-state index >= 15 is 0 Å². The summed E-state index contributed by atoms with van der Waals surface area (Å²) in [6, 6.07) is 13.1. The zero-order valence-electron chi connectivity index (χ0n) is 21.3. The first-order valence-electron chi connectivity index (χ1n) is 12.0. The lowest BCUT2D eigenvalue weighted by Gasteiger charge is -2.30. The molecule has 0 aliphatic heterocycles. The maximum Gasteiger partial charge on any atom is 0.418 e. The number of halogens is 6. The van der Waals surface area contributed by atoms with Crippen LogP contribution in [0.2, 0.25) is 0 Å². The Morgan fingerprint density at radius 1 is 0.923 bits per heavy atom. The molecule has 0 radical (unpaired) electrons. The normalized spacial score (nSPS) is 13.8. The van der Waals surface area contributed by atoms with Gasteiger partial charge in [-0.3, -0.25) is 15.0 Å². The fraction of sp³-hybridized carbons (Fsp3) is 0.370. The minimum Gasteiger partial charge on any atom is -0.478 e. The number of amides is 2. The maximum absolute atomic E-state index is 13.1. The first-order valence-corrected chi connectivity index (χ1v) is 12.0. The Hall–Kier alpha value is -3.83. The molecule has 0 aromatic heterocycles. The molecule has 6 nitrogen and oxygen atoms in total. The van der Waals surface area contributed by atoms with Gasteiger partial charge in [0.15, 0.2) is 5.60 Å². The molecule has 3 N–H and O–H groups in total. The highest BCUT2D eigenvalue weighted by Gasteiger charge is 2.39. The van der Waals surface area contributed by atoms with E-state index < -0.39 is 46.6 Å². The molecule has 0 spiro atoms. The number of aryl methyl sites for hydroxylation is 1. The van der Waals surface area contributed by atoms with Crippen molar-refractivity contribution in [3.63, 3.8) is 0 Å².